The first-order chi connectivity index (χ1) is 17.6. The van der Waals surface area contributed by atoms with E-state index in [-0.39, 0.29) is 30.2 Å². The summed E-state index contributed by atoms with van der Waals surface area (Å²) in [6, 6.07) is 9.13. The van der Waals surface area contributed by atoms with Crippen LogP contribution in [-0.4, -0.2) is 94.1 Å². The number of halogens is 1. The summed E-state index contributed by atoms with van der Waals surface area (Å²) in [7, 11) is 0. The van der Waals surface area contributed by atoms with Crippen LogP contribution in [0.1, 0.15) is 25.8 Å². The number of nitrogens with zero attached hydrogens (tertiary/aromatic N) is 5. The van der Waals surface area contributed by atoms with E-state index < -0.39 is 11.2 Å². The van der Waals surface area contributed by atoms with Crippen molar-refractivity contribution in [2.45, 2.75) is 32.2 Å². The molecule has 2 aliphatic rings. The number of piperazine rings is 1. The van der Waals surface area contributed by atoms with E-state index in [9.17, 15) is 14.4 Å². The lowest BCUT2D eigenvalue weighted by molar-refractivity contribution is -0.137. The molecular formula is C26H39ClN8O3. The topological polar surface area (TPSA) is 143 Å². The summed E-state index contributed by atoms with van der Waals surface area (Å²) < 4.78 is 1.45. The van der Waals surface area contributed by atoms with Gasteiger partial charge in [0.15, 0.2) is 0 Å². The smallest absolute Gasteiger partial charge is 0.338 e. The van der Waals surface area contributed by atoms with Crippen molar-refractivity contribution in [3.05, 3.63) is 52.6 Å². The second kappa shape index (κ2) is 12.7. The highest BCUT2D eigenvalue weighted by atomic mass is 35.5. The Morgan fingerprint density at radius 1 is 1.05 bits per heavy atom. The Kier molecular flexibility index (Phi) is 9.88. The number of nitrogens with two attached hydrogens (primary N) is 2. The van der Waals surface area contributed by atoms with E-state index in [1.807, 2.05) is 24.3 Å². The number of aromatic nitrogens is 2. The molecule has 3 amide bonds. The highest BCUT2D eigenvalue weighted by Crippen LogP contribution is 2.16. The lowest BCUT2D eigenvalue weighted by atomic mass is 10.1. The van der Waals surface area contributed by atoms with E-state index in [4.69, 9.17) is 11.5 Å². The Morgan fingerprint density at radius 2 is 1.71 bits per heavy atom. The number of rotatable bonds is 7. The predicted molar refractivity (Wildman–Crippen MR) is 150 cm³/mol. The first kappa shape index (κ1) is 29.6. The van der Waals surface area contributed by atoms with E-state index in [1.165, 1.54) is 16.6 Å². The van der Waals surface area contributed by atoms with Crippen LogP contribution >= 0.6 is 12.4 Å². The Bertz CT molecular complexity index is 1160. The van der Waals surface area contributed by atoms with Crippen molar-refractivity contribution in [2.75, 3.05) is 57.7 Å². The molecule has 2 aromatic rings. The molecule has 0 bridgehead atoms. The summed E-state index contributed by atoms with van der Waals surface area (Å²) in [4.78, 5) is 47.4. The molecule has 3 heterocycles. The molecule has 0 radical (unpaired) electrons. The standard InChI is InChI=1S/C26H38N8O3.ClH/c1-26(2,28)23(35)32-13-15-33(16-14-32)24(36)29-22-9-12-34(25(37)30-22)21-5-3-19(4-6-21)7-10-31-11-8-20(17-27)18-31;/h3-6,9,12,20H,7-8,10-11,13-18,27-28H2,1-2H3,(H,29,30,36,37);1H/t20-;/m0./s1. The molecule has 38 heavy (non-hydrogen) atoms. The van der Waals surface area contributed by atoms with E-state index in [0.717, 1.165) is 32.6 Å². The number of urea groups is 1. The number of carbonyl (C=O) groups is 2. The zero-order chi connectivity index (χ0) is 26.6. The van der Waals surface area contributed by atoms with Crippen LogP contribution in [0.4, 0.5) is 10.6 Å². The Hall–Kier alpha value is -2.99. The molecule has 1 atom stereocenters. The zero-order valence-corrected chi connectivity index (χ0v) is 23.0. The van der Waals surface area contributed by atoms with Crippen LogP contribution in [0.3, 0.4) is 0 Å². The van der Waals surface area contributed by atoms with Crippen molar-refractivity contribution in [3.8, 4) is 5.69 Å². The monoisotopic (exact) mass is 546 g/mol. The molecule has 11 nitrogen and oxygen atoms in total. The SMILES string of the molecule is CC(C)(N)C(=O)N1CCN(C(=O)Nc2ccn(-c3ccc(CCN4CC[C@@H](CN)C4)cc3)c(=O)n2)CC1.Cl. The number of nitrogens with one attached hydrogen (secondary N) is 1. The summed E-state index contributed by atoms with van der Waals surface area (Å²) in [5.74, 6) is 0.656. The maximum absolute atomic E-state index is 12.7. The largest absolute Gasteiger partial charge is 0.354 e. The summed E-state index contributed by atoms with van der Waals surface area (Å²) in [5.41, 5.74) is 12.2. The van der Waals surface area contributed by atoms with Crippen LogP contribution < -0.4 is 22.5 Å². The maximum atomic E-state index is 12.7. The average molecular weight is 547 g/mol. The van der Waals surface area contributed by atoms with Crippen molar-refractivity contribution >= 4 is 30.2 Å². The maximum Gasteiger partial charge on any atom is 0.354 e. The lowest BCUT2D eigenvalue weighted by Gasteiger charge is -2.37. The summed E-state index contributed by atoms with van der Waals surface area (Å²) >= 11 is 0. The van der Waals surface area contributed by atoms with Crippen molar-refractivity contribution in [1.29, 1.82) is 0 Å². The molecule has 5 N–H and O–H groups in total. The minimum Gasteiger partial charge on any atom is -0.338 e. The molecule has 0 unspecified atom stereocenters. The van der Waals surface area contributed by atoms with Gasteiger partial charge in [-0.2, -0.15) is 4.98 Å². The summed E-state index contributed by atoms with van der Waals surface area (Å²) in [5, 5.41) is 2.69. The molecule has 4 rings (SSSR count). The fraction of sp³-hybridized carbons (Fsp3) is 0.538. The third-order valence-corrected chi connectivity index (χ3v) is 7.08. The highest BCUT2D eigenvalue weighted by Gasteiger charge is 2.31. The molecule has 1 aromatic carbocycles. The molecule has 0 aliphatic carbocycles. The van der Waals surface area contributed by atoms with Gasteiger partial charge in [-0.25, -0.2) is 9.59 Å². The van der Waals surface area contributed by atoms with Crippen molar-refractivity contribution in [3.63, 3.8) is 0 Å². The quantitative estimate of drug-likeness (QED) is 0.468. The number of hydrogen-bond donors (Lipinski definition) is 3. The van der Waals surface area contributed by atoms with Crippen LogP contribution in [0.25, 0.3) is 5.69 Å². The molecule has 12 heteroatoms. The van der Waals surface area contributed by atoms with Crippen molar-refractivity contribution in [1.82, 2.24) is 24.3 Å². The van der Waals surface area contributed by atoms with Crippen LogP contribution in [0, 0.1) is 5.92 Å². The Balaban J connectivity index is 0.00000400. The molecule has 0 saturated carbocycles. The van der Waals surface area contributed by atoms with Crippen molar-refractivity contribution < 1.29 is 9.59 Å². The molecular weight excluding hydrogens is 508 g/mol. The number of carbonyl (C=O) groups excluding carboxylic acids is 2. The van der Waals surface area contributed by atoms with E-state index >= 15 is 0 Å². The summed E-state index contributed by atoms with van der Waals surface area (Å²) in [6.45, 7) is 8.84. The van der Waals surface area contributed by atoms with E-state index in [0.29, 0.717) is 37.8 Å². The van der Waals surface area contributed by atoms with Crippen molar-refractivity contribution in [2.24, 2.45) is 17.4 Å². The van der Waals surface area contributed by atoms with Gasteiger partial charge in [0.1, 0.15) is 5.82 Å². The van der Waals surface area contributed by atoms with Gasteiger partial charge in [-0.15, -0.1) is 12.4 Å². The fourth-order valence-electron chi connectivity index (χ4n) is 4.80. The van der Waals surface area contributed by atoms with E-state index in [2.05, 4.69) is 15.2 Å². The van der Waals surface area contributed by atoms with Crippen LogP contribution in [0.15, 0.2) is 41.3 Å². The Morgan fingerprint density at radius 3 is 2.29 bits per heavy atom. The normalized spacial score (nSPS) is 18.3. The minimum absolute atomic E-state index is 0. The summed E-state index contributed by atoms with van der Waals surface area (Å²) in [6.07, 6.45) is 3.73. The molecule has 1 aromatic heterocycles. The van der Waals surface area contributed by atoms with Gasteiger partial charge in [0.05, 0.1) is 11.2 Å². The van der Waals surface area contributed by atoms with Crippen LogP contribution in [0.5, 0.6) is 0 Å². The first-order valence-corrected chi connectivity index (χ1v) is 12.9. The second-order valence-corrected chi connectivity index (χ2v) is 10.5. The van der Waals surface area contributed by atoms with Crippen LogP contribution in [0.2, 0.25) is 0 Å². The van der Waals surface area contributed by atoms with Gasteiger partial charge in [-0.3, -0.25) is 14.7 Å². The molecule has 208 valence electrons. The van der Waals surface area contributed by atoms with Gasteiger partial charge in [-0.05, 0) is 69.5 Å². The third kappa shape index (κ3) is 7.31. The molecule has 2 fully saturated rings. The van der Waals surface area contributed by atoms with Gasteiger partial charge < -0.3 is 26.2 Å². The molecule has 2 saturated heterocycles. The Labute approximate surface area is 229 Å². The fourth-order valence-corrected chi connectivity index (χ4v) is 4.80. The minimum atomic E-state index is -0.944. The molecule has 0 spiro atoms. The van der Waals surface area contributed by atoms with Gasteiger partial charge in [0.25, 0.3) is 0 Å². The van der Waals surface area contributed by atoms with E-state index in [1.54, 1.807) is 35.9 Å². The first-order valence-electron chi connectivity index (χ1n) is 12.9. The highest BCUT2D eigenvalue weighted by molar-refractivity contribution is 5.89. The number of anilines is 1. The molecule has 2 aliphatic heterocycles. The zero-order valence-electron chi connectivity index (χ0n) is 22.1. The number of benzene rings is 1. The van der Waals surface area contributed by atoms with Gasteiger partial charge in [0, 0.05) is 45.5 Å². The van der Waals surface area contributed by atoms with Gasteiger partial charge >= 0.3 is 11.7 Å². The average Bonchev–Trinajstić information content (AvgIpc) is 3.35. The third-order valence-electron chi connectivity index (χ3n) is 7.08. The lowest BCUT2D eigenvalue weighted by Crippen LogP contribution is -2.58. The number of hydrogen-bond acceptors (Lipinski definition) is 7. The second-order valence-electron chi connectivity index (χ2n) is 10.5. The number of likely N-dealkylation sites (tertiary alicyclic amines) is 1. The van der Waals surface area contributed by atoms with Crippen LogP contribution in [-0.2, 0) is 11.2 Å². The van der Waals surface area contributed by atoms with Gasteiger partial charge in [0.2, 0.25) is 5.91 Å². The van der Waals surface area contributed by atoms with Gasteiger partial charge in [-0.1, -0.05) is 12.1 Å². The number of amides is 3. The predicted octanol–water partition coefficient (Wildman–Crippen LogP) is 0.891.